The number of nitriles is 1. The van der Waals surface area contributed by atoms with Crippen molar-refractivity contribution >= 4 is 11.3 Å². The molecule has 1 saturated heterocycles. The molecule has 1 aromatic rings. The quantitative estimate of drug-likeness (QED) is 0.803. The van der Waals surface area contributed by atoms with Gasteiger partial charge in [0.15, 0.2) is 0 Å². The maximum absolute atomic E-state index is 8.69. The molecule has 0 N–H and O–H groups in total. The van der Waals surface area contributed by atoms with Crippen LogP contribution in [0.1, 0.15) is 37.7 Å². The Morgan fingerprint density at radius 2 is 2.31 bits per heavy atom. The van der Waals surface area contributed by atoms with Gasteiger partial charge in [-0.3, -0.25) is 4.90 Å². The first kappa shape index (κ1) is 11.6. The first-order valence-corrected chi connectivity index (χ1v) is 6.88. The molecular weight excluding hydrogens is 216 g/mol. The maximum atomic E-state index is 8.69. The zero-order valence-electron chi connectivity index (χ0n) is 9.72. The molecule has 0 radical (unpaired) electrons. The van der Waals surface area contributed by atoms with E-state index in [4.69, 9.17) is 5.26 Å². The van der Waals surface area contributed by atoms with E-state index in [-0.39, 0.29) is 0 Å². The Kier molecular flexibility index (Phi) is 3.98. The first-order chi connectivity index (χ1) is 7.81. The normalized spacial score (nSPS) is 20.5. The van der Waals surface area contributed by atoms with Crippen LogP contribution in [0, 0.1) is 11.3 Å². The largest absolute Gasteiger partial charge is 0.300 e. The third-order valence-corrected chi connectivity index (χ3v) is 4.26. The van der Waals surface area contributed by atoms with Crippen LogP contribution in [0.2, 0.25) is 0 Å². The Labute approximate surface area is 102 Å². The minimum atomic E-state index is 0.424. The van der Waals surface area contributed by atoms with Crippen molar-refractivity contribution in [2.45, 2.75) is 38.1 Å². The van der Waals surface area contributed by atoms with E-state index in [2.05, 4.69) is 34.7 Å². The topological polar surface area (TPSA) is 27.0 Å². The molecule has 0 aromatic carbocycles. The molecule has 16 heavy (non-hydrogen) atoms. The van der Waals surface area contributed by atoms with Gasteiger partial charge in [0.05, 0.1) is 12.5 Å². The Morgan fingerprint density at radius 3 is 2.88 bits per heavy atom. The summed E-state index contributed by atoms with van der Waals surface area (Å²) in [6, 6.07) is 4.94. The van der Waals surface area contributed by atoms with Gasteiger partial charge in [-0.25, -0.2) is 0 Å². The van der Waals surface area contributed by atoms with Crippen molar-refractivity contribution in [2.75, 3.05) is 13.1 Å². The molecule has 0 saturated carbocycles. The molecule has 1 aliphatic heterocycles. The fraction of sp³-hybridized carbons (Fsp3) is 0.615. The van der Waals surface area contributed by atoms with Gasteiger partial charge in [0.1, 0.15) is 0 Å². The molecule has 2 nitrogen and oxygen atoms in total. The van der Waals surface area contributed by atoms with E-state index in [0.717, 1.165) is 19.0 Å². The van der Waals surface area contributed by atoms with Crippen LogP contribution in [0.4, 0.5) is 0 Å². The van der Waals surface area contributed by atoms with Crippen molar-refractivity contribution in [1.82, 2.24) is 4.90 Å². The summed E-state index contributed by atoms with van der Waals surface area (Å²) in [6.45, 7) is 4.45. The summed E-state index contributed by atoms with van der Waals surface area (Å²) in [4.78, 5) is 2.45. The molecule has 1 atom stereocenters. The van der Waals surface area contributed by atoms with Crippen LogP contribution in [0.3, 0.4) is 0 Å². The number of likely N-dealkylation sites (tertiary alicyclic amines) is 1. The molecule has 0 amide bonds. The van der Waals surface area contributed by atoms with Crippen LogP contribution >= 0.6 is 11.3 Å². The van der Waals surface area contributed by atoms with Gasteiger partial charge in [-0.15, -0.1) is 0 Å². The van der Waals surface area contributed by atoms with Crippen LogP contribution in [0.25, 0.3) is 0 Å². The molecule has 3 heteroatoms. The number of hydrogen-bond donors (Lipinski definition) is 0. The predicted molar refractivity (Wildman–Crippen MR) is 67.6 cm³/mol. The molecule has 0 bridgehead atoms. The van der Waals surface area contributed by atoms with Gasteiger partial charge in [-0.1, -0.05) is 0 Å². The van der Waals surface area contributed by atoms with E-state index in [9.17, 15) is 0 Å². The molecule has 2 rings (SSSR count). The molecular formula is C13H18N2S. The van der Waals surface area contributed by atoms with E-state index in [1.807, 2.05) is 0 Å². The van der Waals surface area contributed by atoms with Gasteiger partial charge in [-0.2, -0.15) is 16.6 Å². The highest BCUT2D eigenvalue weighted by molar-refractivity contribution is 7.07. The monoisotopic (exact) mass is 234 g/mol. The lowest BCUT2D eigenvalue weighted by Crippen LogP contribution is -2.39. The van der Waals surface area contributed by atoms with Gasteiger partial charge in [-0.05, 0) is 61.2 Å². The lowest BCUT2D eigenvalue weighted by molar-refractivity contribution is 0.163. The lowest BCUT2D eigenvalue weighted by Gasteiger charge is -2.35. The second-order valence-corrected chi connectivity index (χ2v) is 5.36. The average Bonchev–Trinajstić information content (AvgIpc) is 2.83. The Bertz CT molecular complexity index is 345. The van der Waals surface area contributed by atoms with Gasteiger partial charge in [0.2, 0.25) is 0 Å². The van der Waals surface area contributed by atoms with Crippen molar-refractivity contribution in [1.29, 1.82) is 5.26 Å². The third-order valence-electron chi connectivity index (χ3n) is 3.55. The van der Waals surface area contributed by atoms with Crippen molar-refractivity contribution in [3.63, 3.8) is 0 Å². The summed E-state index contributed by atoms with van der Waals surface area (Å²) >= 11 is 1.79. The summed E-state index contributed by atoms with van der Waals surface area (Å²) in [5.41, 5.74) is 1.51. The Hall–Kier alpha value is -0.850. The second-order valence-electron chi connectivity index (χ2n) is 4.58. The van der Waals surface area contributed by atoms with E-state index >= 15 is 0 Å². The summed E-state index contributed by atoms with van der Waals surface area (Å²) in [5, 5.41) is 13.1. The van der Waals surface area contributed by atoms with Crippen LogP contribution < -0.4 is 0 Å². The Balaban J connectivity index is 1.85. The first-order valence-electron chi connectivity index (χ1n) is 5.94. The molecule has 0 spiro atoms. The van der Waals surface area contributed by atoms with Crippen molar-refractivity contribution in [2.24, 2.45) is 0 Å². The lowest BCUT2D eigenvalue weighted by atomic mass is 9.90. The van der Waals surface area contributed by atoms with Crippen LogP contribution in [-0.4, -0.2) is 24.0 Å². The van der Waals surface area contributed by atoms with E-state index in [0.29, 0.717) is 12.5 Å². The van der Waals surface area contributed by atoms with E-state index in [1.54, 1.807) is 11.3 Å². The second kappa shape index (κ2) is 5.47. The number of hydrogen-bond acceptors (Lipinski definition) is 3. The maximum Gasteiger partial charge on any atom is 0.0638 e. The van der Waals surface area contributed by atoms with Crippen LogP contribution in [-0.2, 0) is 0 Å². The van der Waals surface area contributed by atoms with Gasteiger partial charge < -0.3 is 0 Å². The fourth-order valence-corrected chi connectivity index (χ4v) is 3.18. The number of rotatable bonds is 3. The summed E-state index contributed by atoms with van der Waals surface area (Å²) in [6.07, 6.45) is 3.14. The van der Waals surface area contributed by atoms with Gasteiger partial charge in [0.25, 0.3) is 0 Å². The van der Waals surface area contributed by atoms with Crippen molar-refractivity contribution in [3.05, 3.63) is 22.4 Å². The number of piperidine rings is 1. The fourth-order valence-electron chi connectivity index (χ4n) is 2.44. The van der Waals surface area contributed by atoms with E-state index in [1.165, 1.54) is 18.4 Å². The summed E-state index contributed by atoms with van der Waals surface area (Å²) in [5.74, 6) is 0.747. The third kappa shape index (κ3) is 2.63. The number of thiophene rings is 1. The summed E-state index contributed by atoms with van der Waals surface area (Å²) in [7, 11) is 0. The predicted octanol–water partition coefficient (Wildman–Crippen LogP) is 3.23. The smallest absolute Gasteiger partial charge is 0.0638 e. The zero-order valence-corrected chi connectivity index (χ0v) is 10.5. The van der Waals surface area contributed by atoms with Crippen molar-refractivity contribution < 1.29 is 0 Å². The average molecular weight is 234 g/mol. The highest BCUT2D eigenvalue weighted by Gasteiger charge is 2.23. The SMILES string of the molecule is C[C@H](CC#N)N1CCC(c2ccsc2)CC1. The van der Waals surface area contributed by atoms with Crippen LogP contribution in [0.5, 0.6) is 0 Å². The van der Waals surface area contributed by atoms with Gasteiger partial charge >= 0.3 is 0 Å². The van der Waals surface area contributed by atoms with E-state index < -0.39 is 0 Å². The zero-order chi connectivity index (χ0) is 11.4. The molecule has 0 unspecified atom stereocenters. The molecule has 86 valence electrons. The molecule has 1 aromatic heterocycles. The van der Waals surface area contributed by atoms with Crippen molar-refractivity contribution in [3.8, 4) is 6.07 Å². The number of nitrogens with zero attached hydrogens (tertiary/aromatic N) is 2. The molecule has 1 aliphatic rings. The standard InChI is InChI=1S/C13H18N2S/c1-11(2-6-14)15-7-3-12(4-8-15)13-5-9-16-10-13/h5,9-12H,2-4,7-8H2,1H3/t11-/m1/s1. The highest BCUT2D eigenvalue weighted by Crippen LogP contribution is 2.30. The molecule has 0 aliphatic carbocycles. The minimum Gasteiger partial charge on any atom is -0.300 e. The molecule has 2 heterocycles. The minimum absolute atomic E-state index is 0.424. The van der Waals surface area contributed by atoms with Crippen LogP contribution in [0.15, 0.2) is 16.8 Å². The Morgan fingerprint density at radius 1 is 1.56 bits per heavy atom. The summed E-state index contributed by atoms with van der Waals surface area (Å²) < 4.78 is 0. The van der Waals surface area contributed by atoms with Gasteiger partial charge in [0, 0.05) is 6.04 Å². The molecule has 1 fully saturated rings. The highest BCUT2D eigenvalue weighted by atomic mass is 32.1.